The van der Waals surface area contributed by atoms with Gasteiger partial charge in [-0.25, -0.2) is 0 Å². The Bertz CT molecular complexity index is 3020. The lowest BCUT2D eigenvalue weighted by molar-refractivity contribution is -0.647. The number of Topliss-reactive ketones (excluding diaryl/α,β-unsaturated/α-hetero) is 2. The molecule has 31 heteroatoms. The van der Waals surface area contributed by atoms with E-state index in [1.165, 1.54) is 0 Å². The van der Waals surface area contributed by atoms with E-state index in [9.17, 15) is 122 Å². The first-order valence-electron chi connectivity index (χ1n) is 23.3. The molecule has 4 aliphatic rings. The van der Waals surface area contributed by atoms with Gasteiger partial charge < -0.3 is 136 Å². The van der Waals surface area contributed by atoms with E-state index < -0.39 is 155 Å². The van der Waals surface area contributed by atoms with Crippen LogP contribution in [0.25, 0.3) is 0 Å². The van der Waals surface area contributed by atoms with Gasteiger partial charge in [0.2, 0.25) is 52.8 Å². The lowest BCUT2D eigenvalue weighted by Crippen LogP contribution is -2.99. The molecular weight excluding hydrogens is 1070 g/mol. The Balaban J connectivity index is 1.06. The first-order valence-corrected chi connectivity index (χ1v) is 23.3. The number of carbonyl (C=O) groups is 2. The molecule has 4 aromatic rings. The second-order valence-electron chi connectivity index (χ2n) is 19.6. The summed E-state index contributed by atoms with van der Waals surface area (Å²) in [6, 6.07) is 12.7. The molecule has 79 heavy (non-hydrogen) atoms. The van der Waals surface area contributed by atoms with Gasteiger partial charge in [0.25, 0.3) is 29.3 Å². The molecule has 432 valence electrons. The first kappa shape index (κ1) is 58.8. The van der Waals surface area contributed by atoms with E-state index in [2.05, 4.69) is 4.90 Å². The maximum Gasteiger partial charge on any atom is 0.294 e. The molecule has 0 aromatic heterocycles. The number of fused-ring (bicyclic) bond motifs is 2. The van der Waals surface area contributed by atoms with Gasteiger partial charge in [0.05, 0.1) is 21.3 Å². The zero-order chi connectivity index (χ0) is 59.0. The quantitative estimate of drug-likeness (QED) is 0.0299. The highest BCUT2D eigenvalue weighted by atomic mass is 16.7. The highest BCUT2D eigenvalue weighted by Crippen LogP contribution is 2.63. The highest BCUT2D eigenvalue weighted by molar-refractivity contribution is 6.08. The molecule has 2 aliphatic carbocycles. The Labute approximate surface area is 442 Å². The van der Waals surface area contributed by atoms with E-state index in [0.29, 0.717) is 44.6 Å². The zero-order valence-corrected chi connectivity index (χ0v) is 41.4. The Morgan fingerprint density at radius 2 is 1.09 bits per heavy atom. The van der Waals surface area contributed by atoms with E-state index in [0.717, 1.165) is 39.0 Å². The summed E-state index contributed by atoms with van der Waals surface area (Å²) in [4.78, 5) is 27.8. The molecular formula is C48H56N2O29. The largest absolute Gasteiger partial charge is 0.504 e. The monoisotopic (exact) mass is 1120 g/mol. The van der Waals surface area contributed by atoms with Gasteiger partial charge in [-0.15, -0.1) is 4.90 Å². The summed E-state index contributed by atoms with van der Waals surface area (Å²) in [6.07, 6.45) is 0.568. The molecule has 31 nitrogen and oxygen atoms in total. The van der Waals surface area contributed by atoms with Crippen LogP contribution < -0.4 is 23.7 Å². The topological polar surface area (TPSA) is 532 Å². The summed E-state index contributed by atoms with van der Waals surface area (Å²) in [7, 11) is 3.07. The summed E-state index contributed by atoms with van der Waals surface area (Å²) in [5, 5.41) is 249. The molecule has 2 saturated heterocycles. The van der Waals surface area contributed by atoms with Crippen LogP contribution in [0.2, 0.25) is 0 Å². The highest BCUT2D eigenvalue weighted by Gasteiger charge is 2.93. The van der Waals surface area contributed by atoms with Crippen molar-refractivity contribution in [3.05, 3.63) is 88.0 Å². The molecule has 22 N–H and O–H groups in total. The summed E-state index contributed by atoms with van der Waals surface area (Å²) < 4.78 is 25.8. The van der Waals surface area contributed by atoms with Crippen LogP contribution in [0.4, 0.5) is 0 Å². The van der Waals surface area contributed by atoms with Gasteiger partial charge in [-0.3, -0.25) is 14.5 Å². The lowest BCUT2D eigenvalue weighted by atomic mass is 9.64. The Kier molecular flexibility index (Phi) is 14.0. The number of methoxy groups -OCH3 is 3. The van der Waals surface area contributed by atoms with Crippen molar-refractivity contribution in [3.63, 3.8) is 0 Å². The first-order chi connectivity index (χ1) is 36.4. The van der Waals surface area contributed by atoms with E-state index in [1.54, 1.807) is 0 Å². The molecule has 0 bridgehead atoms. The van der Waals surface area contributed by atoms with Gasteiger partial charge in [-0.05, 0) is 68.1 Å². The van der Waals surface area contributed by atoms with Gasteiger partial charge in [0.15, 0.2) is 45.9 Å². The van der Waals surface area contributed by atoms with Gasteiger partial charge in [-0.1, -0.05) is 30.3 Å². The maximum atomic E-state index is 13.9. The van der Waals surface area contributed by atoms with Crippen molar-refractivity contribution in [2.45, 2.75) is 83.7 Å². The van der Waals surface area contributed by atoms with Gasteiger partial charge in [-0.2, -0.15) is 0 Å². The number of ether oxygens (including phenoxy) is 5. The molecule has 0 saturated carbocycles. The maximum absolute atomic E-state index is 13.9. The van der Waals surface area contributed by atoms with Crippen molar-refractivity contribution in [1.29, 1.82) is 0 Å². The molecule has 0 spiro atoms. The van der Waals surface area contributed by atoms with Crippen molar-refractivity contribution in [2.24, 2.45) is 11.8 Å². The summed E-state index contributed by atoms with van der Waals surface area (Å²) in [5.41, 5.74) is -13.1. The number of hydrogen-bond acceptors (Lipinski definition) is 31. The van der Waals surface area contributed by atoms with Gasteiger partial charge >= 0.3 is 0 Å². The number of ketones is 2. The number of nitrogens with zero attached hydrogens (tertiary/aromatic N) is 2. The van der Waals surface area contributed by atoms with Crippen molar-refractivity contribution in [2.75, 3.05) is 41.2 Å². The third-order valence-corrected chi connectivity index (χ3v) is 15.2. The van der Waals surface area contributed by atoms with E-state index in [1.807, 2.05) is 30.3 Å². The van der Waals surface area contributed by atoms with Crippen LogP contribution in [0.1, 0.15) is 62.2 Å². The predicted octanol–water partition coefficient (Wildman–Crippen LogP) is -6.57. The Morgan fingerprint density at radius 3 is 1.61 bits per heavy atom. The van der Waals surface area contributed by atoms with Crippen LogP contribution in [-0.4, -0.2) is 215 Å². The predicted molar refractivity (Wildman–Crippen MR) is 249 cm³/mol. The third kappa shape index (κ3) is 7.98. The van der Waals surface area contributed by atoms with E-state index in [4.69, 9.17) is 23.7 Å². The van der Waals surface area contributed by atoms with Crippen LogP contribution >= 0.6 is 0 Å². The van der Waals surface area contributed by atoms with Crippen LogP contribution in [0.15, 0.2) is 54.6 Å². The third-order valence-electron chi connectivity index (χ3n) is 15.2. The minimum Gasteiger partial charge on any atom is -0.504 e. The van der Waals surface area contributed by atoms with Crippen molar-refractivity contribution < 1.29 is 146 Å². The van der Waals surface area contributed by atoms with E-state index in [-0.39, 0.29) is 23.8 Å². The second kappa shape index (κ2) is 18.9. The zero-order valence-electron chi connectivity index (χ0n) is 41.4. The molecule has 2 fully saturated rings. The fraction of sp³-hybridized carbons (Fsp3) is 0.458. The summed E-state index contributed by atoms with van der Waals surface area (Å²) in [6.45, 7) is 0.461. The van der Waals surface area contributed by atoms with Crippen molar-refractivity contribution >= 4 is 11.6 Å². The number of phenolic OH excluding ortho intramolecular Hbond substituents is 4. The average Bonchev–Trinajstić information content (AvgIpc) is 3.26. The number of phenols is 4. The number of aromatic hydroxyl groups is 4. The minimum absolute atomic E-state index is 0.355. The molecule has 2 aliphatic heterocycles. The average molecular weight is 1120 g/mol. The second-order valence-corrected chi connectivity index (χ2v) is 19.6. The number of rotatable bonds is 15. The lowest BCUT2D eigenvalue weighted by Gasteiger charge is -2.66. The number of carbonyl (C=O) groups excluding carboxylic acids is 2. The summed E-state index contributed by atoms with van der Waals surface area (Å²) in [5.74, 6) is -60.4. The van der Waals surface area contributed by atoms with Crippen LogP contribution in [0.3, 0.4) is 0 Å². The number of benzene rings is 4. The van der Waals surface area contributed by atoms with E-state index >= 15 is 0 Å². The fourth-order valence-electron chi connectivity index (χ4n) is 10.9. The molecule has 2 unspecified atom stereocenters. The molecule has 8 rings (SSSR count). The van der Waals surface area contributed by atoms with Gasteiger partial charge in [0, 0.05) is 28.8 Å². The fourth-order valence-corrected chi connectivity index (χ4v) is 10.9. The van der Waals surface area contributed by atoms with Gasteiger partial charge in [0.1, 0.15) is 11.5 Å². The van der Waals surface area contributed by atoms with Crippen LogP contribution in [-0.2, 0) is 24.0 Å². The standard InChI is InChI=1S/C48H56N2O29/c1-75-26-13-22-24(15-27(26)76-2)40(58,59)37(31(22)51)42(62,63)44(66)45(67,68)47(71,72)50(48(73,74)46(44,69)70)43(64,65)30-32(52)34(54)36(35(55)33(30)53)79-19-78-29-14-23-25(16-28(29)77-3)41(60,61)39(57,38(23)56)17-20-9-11-49(12-10-20)18-21-7-5-4-6-8-21/h4-8,13-16,20,37,52-55,57-74H,9-12,17-19H2,1-3H3. The number of likely N-dealkylation sites (tertiary alicyclic amines) is 2. The van der Waals surface area contributed by atoms with Crippen molar-refractivity contribution in [3.8, 4) is 51.7 Å². The molecule has 2 heterocycles. The molecule has 0 radical (unpaired) electrons. The number of piperidine rings is 2. The Hall–Kier alpha value is -6.38. The SMILES string of the molecule is COc1cc2c(cc1OC)C(O)(O)C(C(O)(O)C1(O)C(O)(O)C(O)(O)N(C(O)(O)c3c(O)c(O)c(OCOc4cc5c(cc4OC)C(O)(O)C(O)(CC4CCN(Cc6ccccc6)CC4)C5=O)c(O)c3O)C(O)(O)C1(O)O)C2=O. The normalized spacial score (nSPS) is 23.9. The van der Waals surface area contributed by atoms with Crippen LogP contribution in [0.5, 0.6) is 51.7 Å². The van der Waals surface area contributed by atoms with Crippen molar-refractivity contribution in [1.82, 2.24) is 9.80 Å². The molecule has 0 amide bonds. The minimum atomic E-state index is -5.90. The molecule has 4 aromatic carbocycles. The number of hydrogen-bond donors (Lipinski definition) is 22. The Morgan fingerprint density at radius 1 is 0.608 bits per heavy atom. The smallest absolute Gasteiger partial charge is 0.294 e. The molecule has 2 atom stereocenters. The van der Waals surface area contributed by atoms with Crippen LogP contribution in [0, 0.1) is 11.8 Å². The summed E-state index contributed by atoms with van der Waals surface area (Å²) >= 11 is 0. The number of aliphatic hydroxyl groups is 18.